The number of aromatic nitrogens is 2. The van der Waals surface area contributed by atoms with Gasteiger partial charge in [0.1, 0.15) is 5.56 Å². The Morgan fingerprint density at radius 3 is 2.79 bits per heavy atom. The third kappa shape index (κ3) is 4.82. The SMILES string of the molecule is CCCC(=O)[C@@H](Nc1nc(Nc2cccc(C)c2)c2c(n1)OCNC2=O)C(C)C. The van der Waals surface area contributed by atoms with E-state index in [2.05, 4.69) is 25.9 Å². The number of ketones is 1. The fourth-order valence-corrected chi connectivity index (χ4v) is 3.18. The minimum Gasteiger partial charge on any atom is -0.456 e. The Morgan fingerprint density at radius 2 is 2.10 bits per heavy atom. The predicted octanol–water partition coefficient (Wildman–Crippen LogP) is 3.41. The van der Waals surface area contributed by atoms with Gasteiger partial charge in [0.05, 0.1) is 6.04 Å². The second-order valence-corrected chi connectivity index (χ2v) is 7.45. The van der Waals surface area contributed by atoms with Crippen LogP contribution in [0.3, 0.4) is 0 Å². The van der Waals surface area contributed by atoms with E-state index >= 15 is 0 Å². The molecule has 1 aliphatic heterocycles. The second kappa shape index (κ2) is 8.89. The number of Topliss-reactive ketones (excluding diaryl/α,β-unsaturated/α-hetero) is 1. The van der Waals surface area contributed by atoms with Crippen LogP contribution in [0.25, 0.3) is 0 Å². The van der Waals surface area contributed by atoms with Gasteiger partial charge in [0, 0.05) is 12.1 Å². The monoisotopic (exact) mass is 397 g/mol. The number of rotatable bonds is 8. The number of ether oxygens (including phenoxy) is 1. The highest BCUT2D eigenvalue weighted by Crippen LogP contribution is 2.30. The fourth-order valence-electron chi connectivity index (χ4n) is 3.18. The Bertz CT molecular complexity index is 913. The van der Waals surface area contributed by atoms with Gasteiger partial charge in [0.2, 0.25) is 11.8 Å². The molecule has 1 aromatic carbocycles. The van der Waals surface area contributed by atoms with Crippen LogP contribution in [0.15, 0.2) is 24.3 Å². The van der Waals surface area contributed by atoms with Gasteiger partial charge in [-0.25, -0.2) is 0 Å². The van der Waals surface area contributed by atoms with Gasteiger partial charge < -0.3 is 20.7 Å². The molecule has 0 radical (unpaired) electrons. The van der Waals surface area contributed by atoms with Crippen molar-refractivity contribution in [2.45, 2.75) is 46.6 Å². The lowest BCUT2D eigenvalue weighted by Gasteiger charge is -2.24. The molecular weight excluding hydrogens is 370 g/mol. The van der Waals surface area contributed by atoms with Crippen LogP contribution in [-0.4, -0.2) is 34.4 Å². The highest BCUT2D eigenvalue weighted by atomic mass is 16.5. The van der Waals surface area contributed by atoms with Gasteiger partial charge in [-0.3, -0.25) is 9.59 Å². The minimum atomic E-state index is -0.419. The standard InChI is InChI=1S/C21H27N5O3/c1-5-7-15(27)17(12(2)3)24-21-25-18(23-14-9-6-8-13(4)10-14)16-19(28)22-11-29-20(16)26-21/h6,8-10,12,17H,5,7,11H2,1-4H3,(H,22,28)(H2,23,24,25,26)/t17-/m0/s1. The van der Waals surface area contributed by atoms with E-state index in [1.807, 2.05) is 52.0 Å². The summed E-state index contributed by atoms with van der Waals surface area (Å²) in [4.78, 5) is 33.8. The van der Waals surface area contributed by atoms with Crippen molar-refractivity contribution >= 4 is 29.1 Å². The van der Waals surface area contributed by atoms with E-state index in [9.17, 15) is 9.59 Å². The third-order valence-electron chi connectivity index (χ3n) is 4.62. The van der Waals surface area contributed by atoms with E-state index in [-0.39, 0.29) is 41.7 Å². The predicted molar refractivity (Wildman–Crippen MR) is 112 cm³/mol. The van der Waals surface area contributed by atoms with E-state index in [4.69, 9.17) is 4.74 Å². The van der Waals surface area contributed by atoms with Crippen LogP contribution in [0, 0.1) is 12.8 Å². The van der Waals surface area contributed by atoms with Crippen molar-refractivity contribution in [2.24, 2.45) is 5.92 Å². The first kappa shape index (κ1) is 20.6. The zero-order valence-electron chi connectivity index (χ0n) is 17.2. The van der Waals surface area contributed by atoms with E-state index in [0.717, 1.165) is 17.7 Å². The topological polar surface area (TPSA) is 105 Å². The Kier molecular flexibility index (Phi) is 6.31. The number of nitrogens with one attached hydrogen (secondary N) is 3. The van der Waals surface area contributed by atoms with Crippen molar-refractivity contribution < 1.29 is 14.3 Å². The lowest BCUT2D eigenvalue weighted by Crippen LogP contribution is -2.37. The van der Waals surface area contributed by atoms with Crippen LogP contribution >= 0.6 is 0 Å². The van der Waals surface area contributed by atoms with Crippen molar-refractivity contribution in [3.05, 3.63) is 35.4 Å². The van der Waals surface area contributed by atoms with Crippen LogP contribution in [0.1, 0.15) is 49.5 Å². The van der Waals surface area contributed by atoms with Gasteiger partial charge in [0.15, 0.2) is 18.3 Å². The van der Waals surface area contributed by atoms with Crippen LogP contribution < -0.4 is 20.7 Å². The van der Waals surface area contributed by atoms with E-state index in [1.54, 1.807) is 0 Å². The Morgan fingerprint density at radius 1 is 1.31 bits per heavy atom. The maximum atomic E-state index is 12.5. The Balaban J connectivity index is 1.98. The summed E-state index contributed by atoms with van der Waals surface area (Å²) in [6.07, 6.45) is 1.26. The zero-order chi connectivity index (χ0) is 21.0. The number of carbonyl (C=O) groups is 2. The quantitative estimate of drug-likeness (QED) is 0.627. The molecule has 1 amide bonds. The Hall–Kier alpha value is -3.16. The molecule has 0 saturated carbocycles. The molecule has 0 fully saturated rings. The number of hydrogen-bond acceptors (Lipinski definition) is 7. The average Bonchev–Trinajstić information content (AvgIpc) is 2.66. The van der Waals surface area contributed by atoms with Crippen LogP contribution in [0.4, 0.5) is 17.5 Å². The smallest absolute Gasteiger partial charge is 0.263 e. The molecule has 0 aliphatic carbocycles. The number of amides is 1. The first-order valence-corrected chi connectivity index (χ1v) is 9.85. The molecule has 154 valence electrons. The van der Waals surface area contributed by atoms with Crippen LogP contribution in [-0.2, 0) is 4.79 Å². The zero-order valence-corrected chi connectivity index (χ0v) is 17.2. The summed E-state index contributed by atoms with van der Waals surface area (Å²) in [5, 5.41) is 8.96. The molecular formula is C21H27N5O3. The van der Waals surface area contributed by atoms with Crippen LogP contribution in [0.2, 0.25) is 0 Å². The van der Waals surface area contributed by atoms with Crippen molar-refractivity contribution in [3.63, 3.8) is 0 Å². The molecule has 0 spiro atoms. The molecule has 0 bridgehead atoms. The van der Waals surface area contributed by atoms with Gasteiger partial charge in [-0.05, 0) is 37.0 Å². The largest absolute Gasteiger partial charge is 0.456 e. The number of nitrogens with zero attached hydrogens (tertiary/aromatic N) is 2. The van der Waals surface area contributed by atoms with Gasteiger partial charge in [-0.1, -0.05) is 32.9 Å². The summed E-state index contributed by atoms with van der Waals surface area (Å²) in [6.45, 7) is 7.94. The van der Waals surface area contributed by atoms with E-state index < -0.39 is 6.04 Å². The summed E-state index contributed by atoms with van der Waals surface area (Å²) in [5.74, 6) is 0.617. The second-order valence-electron chi connectivity index (χ2n) is 7.45. The van der Waals surface area contributed by atoms with Gasteiger partial charge in [0.25, 0.3) is 5.91 Å². The molecule has 8 nitrogen and oxygen atoms in total. The lowest BCUT2D eigenvalue weighted by atomic mass is 9.97. The summed E-state index contributed by atoms with van der Waals surface area (Å²) >= 11 is 0. The highest BCUT2D eigenvalue weighted by Gasteiger charge is 2.28. The molecule has 1 atom stereocenters. The first-order valence-electron chi connectivity index (χ1n) is 9.85. The molecule has 0 saturated heterocycles. The first-order chi connectivity index (χ1) is 13.9. The van der Waals surface area contributed by atoms with Crippen molar-refractivity contribution in [1.82, 2.24) is 15.3 Å². The number of fused-ring (bicyclic) bond motifs is 1. The Labute approximate surface area is 170 Å². The third-order valence-corrected chi connectivity index (χ3v) is 4.62. The molecule has 2 aromatic rings. The fraction of sp³-hybridized carbons (Fsp3) is 0.429. The maximum absolute atomic E-state index is 12.5. The van der Waals surface area contributed by atoms with Crippen molar-refractivity contribution in [2.75, 3.05) is 17.4 Å². The molecule has 8 heteroatoms. The summed E-state index contributed by atoms with van der Waals surface area (Å²) in [5.41, 5.74) is 2.10. The van der Waals surface area contributed by atoms with Crippen LogP contribution in [0.5, 0.6) is 5.88 Å². The molecule has 3 N–H and O–H groups in total. The summed E-state index contributed by atoms with van der Waals surface area (Å²) in [7, 11) is 0. The lowest BCUT2D eigenvalue weighted by molar-refractivity contribution is -0.120. The molecule has 3 rings (SSSR count). The maximum Gasteiger partial charge on any atom is 0.263 e. The molecule has 1 aromatic heterocycles. The minimum absolute atomic E-state index is 0.0363. The molecule has 0 unspecified atom stereocenters. The summed E-state index contributed by atoms with van der Waals surface area (Å²) < 4.78 is 5.54. The van der Waals surface area contributed by atoms with Gasteiger partial charge in [-0.15, -0.1) is 0 Å². The van der Waals surface area contributed by atoms with Gasteiger partial charge in [-0.2, -0.15) is 9.97 Å². The molecule has 29 heavy (non-hydrogen) atoms. The van der Waals surface area contributed by atoms with Crippen molar-refractivity contribution in [1.29, 1.82) is 0 Å². The summed E-state index contributed by atoms with van der Waals surface area (Å²) in [6, 6.07) is 7.31. The van der Waals surface area contributed by atoms with E-state index in [0.29, 0.717) is 12.2 Å². The number of anilines is 3. The number of hydrogen-bond donors (Lipinski definition) is 3. The number of carbonyl (C=O) groups excluding carboxylic acids is 2. The number of aryl methyl sites for hydroxylation is 1. The number of benzene rings is 1. The molecule has 2 heterocycles. The molecule has 1 aliphatic rings. The highest BCUT2D eigenvalue weighted by molar-refractivity contribution is 6.02. The normalized spacial score (nSPS) is 13.9. The van der Waals surface area contributed by atoms with Crippen molar-refractivity contribution in [3.8, 4) is 5.88 Å². The van der Waals surface area contributed by atoms with Gasteiger partial charge >= 0.3 is 0 Å². The van der Waals surface area contributed by atoms with E-state index in [1.165, 1.54) is 0 Å². The average molecular weight is 397 g/mol.